The van der Waals surface area contributed by atoms with Crippen molar-refractivity contribution in [1.82, 2.24) is 5.09 Å². The molecule has 5 heteroatoms. The molecule has 2 fully saturated rings. The Morgan fingerprint density at radius 1 is 1.21 bits per heavy atom. The lowest BCUT2D eigenvalue weighted by atomic mass is 9.94. The van der Waals surface area contributed by atoms with Gasteiger partial charge >= 0.3 is 5.97 Å². The van der Waals surface area contributed by atoms with E-state index < -0.39 is 8.22 Å². The van der Waals surface area contributed by atoms with Crippen LogP contribution in [0.25, 0.3) is 0 Å². The summed E-state index contributed by atoms with van der Waals surface area (Å²) in [5.41, 5.74) is 2.74. The summed E-state index contributed by atoms with van der Waals surface area (Å²) in [5, 5.41) is 4.98. The van der Waals surface area contributed by atoms with Gasteiger partial charge in [0.1, 0.15) is 0 Å². The van der Waals surface area contributed by atoms with Crippen molar-refractivity contribution in [3.63, 3.8) is 0 Å². The number of allylic oxidation sites excluding steroid dienone is 1. The molecule has 1 atom stereocenters. The van der Waals surface area contributed by atoms with Crippen LogP contribution >= 0.6 is 8.22 Å². The van der Waals surface area contributed by atoms with Gasteiger partial charge in [0, 0.05) is 18.8 Å². The molecular formula is C19H27N2O2P. The van der Waals surface area contributed by atoms with Gasteiger partial charge in [-0.1, -0.05) is 30.2 Å². The number of carbonyl (C=O) groups is 1. The second-order valence-corrected chi connectivity index (χ2v) is 8.23. The van der Waals surface area contributed by atoms with E-state index in [2.05, 4.69) is 34.0 Å². The highest BCUT2D eigenvalue weighted by Gasteiger charge is 2.31. The van der Waals surface area contributed by atoms with Gasteiger partial charge in [0.25, 0.3) is 0 Å². The lowest BCUT2D eigenvalue weighted by Crippen LogP contribution is -2.17. The summed E-state index contributed by atoms with van der Waals surface area (Å²) in [6, 6.07) is 10.5. The van der Waals surface area contributed by atoms with Crippen LogP contribution < -0.4 is 9.76 Å². The van der Waals surface area contributed by atoms with E-state index in [1.54, 1.807) is 0 Å². The van der Waals surface area contributed by atoms with Gasteiger partial charge < -0.3 is 9.41 Å². The number of nitrogens with zero attached hydrogens (tertiary/aromatic N) is 1. The molecule has 1 aliphatic heterocycles. The molecule has 0 amide bonds. The number of rotatable bonds is 5. The topological polar surface area (TPSA) is 41.6 Å². The Balaban J connectivity index is 1.87. The number of esters is 1. The molecule has 1 aromatic carbocycles. The van der Waals surface area contributed by atoms with Crippen molar-refractivity contribution in [2.45, 2.75) is 45.4 Å². The van der Waals surface area contributed by atoms with Gasteiger partial charge in [-0.05, 0) is 50.1 Å². The molecule has 24 heavy (non-hydrogen) atoms. The number of hydrogen-bond donors (Lipinski definition) is 1. The Bertz CT molecular complexity index is 580. The van der Waals surface area contributed by atoms with Crippen molar-refractivity contribution in [3.05, 3.63) is 41.2 Å². The van der Waals surface area contributed by atoms with E-state index in [0.29, 0.717) is 13.0 Å². The van der Waals surface area contributed by atoms with Gasteiger partial charge in [0.05, 0.1) is 21.3 Å². The summed E-state index contributed by atoms with van der Waals surface area (Å²) in [4.78, 5) is 12.2. The zero-order valence-electron chi connectivity index (χ0n) is 14.5. The Morgan fingerprint density at radius 2 is 1.96 bits per heavy atom. The molecule has 0 aromatic heterocycles. The Hall–Kier alpha value is -1.38. The molecule has 130 valence electrons. The van der Waals surface area contributed by atoms with Gasteiger partial charge in [-0.3, -0.25) is 9.88 Å². The SMILES string of the molecule is CCOC(=O)CC(=C1CCCCC1)P1NCCN1c1ccccc1. The number of nitrogens with one attached hydrogen (secondary N) is 1. The molecule has 3 rings (SSSR count). The highest BCUT2D eigenvalue weighted by atomic mass is 31.1. The predicted molar refractivity (Wildman–Crippen MR) is 100 cm³/mol. The number of benzene rings is 1. The summed E-state index contributed by atoms with van der Waals surface area (Å²) in [5.74, 6) is -0.0882. The predicted octanol–water partition coefficient (Wildman–Crippen LogP) is 4.58. The maximum atomic E-state index is 12.2. The zero-order valence-corrected chi connectivity index (χ0v) is 15.4. The fourth-order valence-electron chi connectivity index (χ4n) is 3.50. The van der Waals surface area contributed by atoms with Gasteiger partial charge in [-0.2, -0.15) is 0 Å². The summed E-state index contributed by atoms with van der Waals surface area (Å²) >= 11 is 0. The zero-order chi connectivity index (χ0) is 16.8. The monoisotopic (exact) mass is 346 g/mol. The minimum atomic E-state index is -0.652. The standard InChI is InChI=1S/C19H27N2O2P/c1-2-23-19(22)15-18(16-9-5-3-6-10-16)24-20-13-14-21(24)17-11-7-4-8-12-17/h4,7-8,11-12,20H,2-3,5-6,9-10,13-15H2,1H3. The summed E-state index contributed by atoms with van der Waals surface area (Å²) in [7, 11) is -0.652. The van der Waals surface area contributed by atoms with Gasteiger partial charge in [-0.25, -0.2) is 0 Å². The minimum absolute atomic E-state index is 0.0882. The maximum absolute atomic E-state index is 12.2. The molecule has 1 saturated heterocycles. The Labute approximate surface area is 146 Å². The van der Waals surface area contributed by atoms with E-state index in [1.165, 1.54) is 35.8 Å². The maximum Gasteiger partial charge on any atom is 0.310 e. The Kier molecular flexibility index (Phi) is 6.28. The fraction of sp³-hybridized carbons (Fsp3) is 0.526. The first kappa shape index (κ1) is 17.4. The fourth-order valence-corrected chi connectivity index (χ4v) is 5.93. The first-order valence-electron chi connectivity index (χ1n) is 9.02. The van der Waals surface area contributed by atoms with E-state index in [4.69, 9.17) is 4.74 Å². The Morgan fingerprint density at radius 3 is 2.67 bits per heavy atom. The molecule has 1 N–H and O–H groups in total. The number of ether oxygens (including phenoxy) is 1. The average molecular weight is 346 g/mol. The molecular weight excluding hydrogens is 319 g/mol. The normalized spacial score (nSPS) is 21.0. The number of anilines is 1. The number of para-hydroxylation sites is 1. The molecule has 4 nitrogen and oxygen atoms in total. The molecule has 1 aliphatic carbocycles. The van der Waals surface area contributed by atoms with Crippen LogP contribution in [0, 0.1) is 0 Å². The summed E-state index contributed by atoms with van der Waals surface area (Å²) in [6.07, 6.45) is 6.51. The average Bonchev–Trinajstić information content (AvgIpc) is 3.11. The summed E-state index contributed by atoms with van der Waals surface area (Å²) < 4.78 is 7.70. The van der Waals surface area contributed by atoms with E-state index >= 15 is 0 Å². The second kappa shape index (κ2) is 8.64. The van der Waals surface area contributed by atoms with Gasteiger partial charge in [0.15, 0.2) is 0 Å². The van der Waals surface area contributed by atoms with Crippen LogP contribution in [0.1, 0.15) is 45.4 Å². The van der Waals surface area contributed by atoms with Crippen molar-refractivity contribution in [2.75, 3.05) is 24.4 Å². The van der Waals surface area contributed by atoms with Gasteiger partial charge in [0.2, 0.25) is 0 Å². The van der Waals surface area contributed by atoms with E-state index in [-0.39, 0.29) is 5.97 Å². The molecule has 0 bridgehead atoms. The van der Waals surface area contributed by atoms with Crippen LogP contribution in [0.3, 0.4) is 0 Å². The third-order valence-electron chi connectivity index (χ3n) is 4.62. The number of hydrogen-bond acceptors (Lipinski definition) is 4. The third-order valence-corrected chi connectivity index (χ3v) is 7.04. The largest absolute Gasteiger partial charge is 0.466 e. The quantitative estimate of drug-likeness (QED) is 0.626. The lowest BCUT2D eigenvalue weighted by molar-refractivity contribution is -0.142. The molecule has 1 aromatic rings. The highest BCUT2D eigenvalue weighted by molar-refractivity contribution is 7.62. The van der Waals surface area contributed by atoms with Crippen LogP contribution in [0.2, 0.25) is 0 Å². The van der Waals surface area contributed by atoms with Crippen LogP contribution in [0.15, 0.2) is 41.2 Å². The van der Waals surface area contributed by atoms with Crippen LogP contribution in [-0.4, -0.2) is 25.7 Å². The smallest absolute Gasteiger partial charge is 0.310 e. The molecule has 0 radical (unpaired) electrons. The van der Waals surface area contributed by atoms with E-state index in [1.807, 2.05) is 13.0 Å². The van der Waals surface area contributed by atoms with E-state index in [0.717, 1.165) is 25.9 Å². The van der Waals surface area contributed by atoms with Gasteiger partial charge in [-0.15, -0.1) is 0 Å². The highest BCUT2D eigenvalue weighted by Crippen LogP contribution is 2.53. The van der Waals surface area contributed by atoms with Crippen molar-refractivity contribution in [1.29, 1.82) is 0 Å². The van der Waals surface area contributed by atoms with Crippen molar-refractivity contribution >= 4 is 19.9 Å². The van der Waals surface area contributed by atoms with Crippen LogP contribution in [-0.2, 0) is 9.53 Å². The first-order chi connectivity index (χ1) is 11.8. The molecule has 1 saturated carbocycles. The minimum Gasteiger partial charge on any atom is -0.466 e. The lowest BCUT2D eigenvalue weighted by Gasteiger charge is -2.30. The van der Waals surface area contributed by atoms with Crippen molar-refractivity contribution < 1.29 is 9.53 Å². The third kappa shape index (κ3) is 4.17. The molecule has 1 unspecified atom stereocenters. The summed E-state index contributed by atoms with van der Waals surface area (Å²) in [6.45, 7) is 4.30. The van der Waals surface area contributed by atoms with Crippen LogP contribution in [0.5, 0.6) is 0 Å². The van der Waals surface area contributed by atoms with Crippen molar-refractivity contribution in [2.24, 2.45) is 0 Å². The molecule has 0 spiro atoms. The van der Waals surface area contributed by atoms with Crippen molar-refractivity contribution in [3.8, 4) is 0 Å². The number of carbonyl (C=O) groups excluding carboxylic acids is 1. The molecule has 2 aliphatic rings. The molecule has 1 heterocycles. The van der Waals surface area contributed by atoms with E-state index in [9.17, 15) is 4.79 Å². The second-order valence-electron chi connectivity index (χ2n) is 6.27. The first-order valence-corrected chi connectivity index (χ1v) is 10.3. The van der Waals surface area contributed by atoms with Crippen LogP contribution in [0.4, 0.5) is 5.69 Å².